The van der Waals surface area contributed by atoms with E-state index in [0.29, 0.717) is 5.41 Å². The summed E-state index contributed by atoms with van der Waals surface area (Å²) in [4.78, 5) is 0. The highest BCUT2D eigenvalue weighted by molar-refractivity contribution is 5.12. The fourth-order valence-corrected chi connectivity index (χ4v) is 5.11. The lowest BCUT2D eigenvalue weighted by atomic mass is 9.70. The predicted octanol–water partition coefficient (Wildman–Crippen LogP) is 7.23. The van der Waals surface area contributed by atoms with Gasteiger partial charge in [0.15, 0.2) is 0 Å². The third-order valence-electron chi connectivity index (χ3n) is 7.30. The molecule has 1 nitrogen and oxygen atoms in total. The van der Waals surface area contributed by atoms with Gasteiger partial charge in [-0.1, -0.05) is 50.1 Å². The van der Waals surface area contributed by atoms with Crippen LogP contribution in [0.5, 0.6) is 0 Å². The molecule has 1 fully saturated rings. The molecule has 1 N–H and O–H groups in total. The van der Waals surface area contributed by atoms with Gasteiger partial charge in [0.2, 0.25) is 0 Å². The molecule has 0 saturated heterocycles. The quantitative estimate of drug-likeness (QED) is 0.490. The number of rotatable bonds is 1. The molecule has 0 amide bonds. The van der Waals surface area contributed by atoms with Crippen LogP contribution in [0.2, 0.25) is 0 Å². The third kappa shape index (κ3) is 5.59. The van der Waals surface area contributed by atoms with Crippen molar-refractivity contribution >= 4 is 0 Å². The Morgan fingerprint density at radius 2 is 1.69 bits per heavy atom. The maximum atomic E-state index is 10.6. The Bertz CT molecular complexity index is 551. The van der Waals surface area contributed by atoms with Crippen LogP contribution in [-0.2, 0) is 0 Å². The molecule has 2 rings (SSSR count). The van der Waals surface area contributed by atoms with Crippen molar-refractivity contribution in [3.63, 3.8) is 0 Å². The molecule has 0 aromatic carbocycles. The van der Waals surface area contributed by atoms with Crippen molar-refractivity contribution in [2.45, 2.75) is 99.0 Å². The molecule has 0 spiro atoms. The average Bonchev–Trinajstić information content (AvgIpc) is 2.92. The van der Waals surface area contributed by atoms with Crippen LogP contribution in [0.1, 0.15) is 92.9 Å². The normalized spacial score (nSPS) is 41.1. The zero-order valence-electron chi connectivity index (χ0n) is 18.1. The zero-order valence-corrected chi connectivity index (χ0v) is 18.1. The van der Waals surface area contributed by atoms with Crippen LogP contribution in [-0.4, -0.2) is 11.2 Å². The Labute approximate surface area is 162 Å². The summed E-state index contributed by atoms with van der Waals surface area (Å²) >= 11 is 0. The first-order valence-corrected chi connectivity index (χ1v) is 10.9. The molecular weight excluding hydrogens is 316 g/mol. The maximum Gasteiger partial charge on any atom is 0.0750 e. The molecule has 1 saturated carbocycles. The van der Waals surface area contributed by atoms with E-state index in [1.54, 1.807) is 5.57 Å². The summed E-state index contributed by atoms with van der Waals surface area (Å²) in [5.74, 6) is 2.30. The van der Waals surface area contributed by atoms with Gasteiger partial charge in [-0.3, -0.25) is 0 Å². The summed E-state index contributed by atoms with van der Waals surface area (Å²) in [5, 5.41) is 10.6. The molecule has 4 atom stereocenters. The molecule has 0 bridgehead atoms. The number of hydrogen-bond donors (Lipinski definition) is 1. The van der Waals surface area contributed by atoms with E-state index in [2.05, 4.69) is 59.8 Å². The topological polar surface area (TPSA) is 20.2 Å². The van der Waals surface area contributed by atoms with Crippen molar-refractivity contribution < 1.29 is 5.11 Å². The second-order valence-corrected chi connectivity index (χ2v) is 9.79. The average molecular weight is 359 g/mol. The van der Waals surface area contributed by atoms with Crippen molar-refractivity contribution in [3.8, 4) is 0 Å². The Balaban J connectivity index is 2.28. The molecule has 148 valence electrons. The molecule has 26 heavy (non-hydrogen) atoms. The van der Waals surface area contributed by atoms with Crippen LogP contribution in [0.4, 0.5) is 0 Å². The van der Waals surface area contributed by atoms with E-state index in [1.165, 1.54) is 36.8 Å². The van der Waals surface area contributed by atoms with Crippen molar-refractivity contribution in [3.05, 3.63) is 34.9 Å². The van der Waals surface area contributed by atoms with Crippen molar-refractivity contribution in [1.29, 1.82) is 0 Å². The van der Waals surface area contributed by atoms with Crippen LogP contribution in [0.3, 0.4) is 0 Å². The summed E-state index contributed by atoms with van der Waals surface area (Å²) in [6.45, 7) is 14.0. The van der Waals surface area contributed by atoms with E-state index in [-0.39, 0.29) is 6.10 Å². The molecular formula is C25H42O. The number of aliphatic hydroxyl groups excluding tert-OH is 1. The third-order valence-corrected chi connectivity index (χ3v) is 7.30. The standard InChI is InChI=1S/C25H42O/c1-18(2)22-15-17-25(6)16-14-20(4)9-7-8-19(3)10-13-24(26)21(5)11-12-23(22)25/h8,11,14,18,22-24,26H,7,9-10,12-13,15-17H2,1-6H3/b19-8+,20-14+,21-11+/t22-,23+,24-,25+/m0/s1. The minimum Gasteiger partial charge on any atom is -0.389 e. The fourth-order valence-electron chi connectivity index (χ4n) is 5.11. The van der Waals surface area contributed by atoms with Gasteiger partial charge in [-0.25, -0.2) is 0 Å². The molecule has 0 radical (unpaired) electrons. The fraction of sp³-hybridized carbons (Fsp3) is 0.760. The van der Waals surface area contributed by atoms with Crippen LogP contribution in [0.25, 0.3) is 0 Å². The van der Waals surface area contributed by atoms with Crippen LogP contribution >= 0.6 is 0 Å². The monoisotopic (exact) mass is 358 g/mol. The number of hydrogen-bond acceptors (Lipinski definition) is 1. The number of allylic oxidation sites excluding steroid dienone is 5. The largest absolute Gasteiger partial charge is 0.389 e. The van der Waals surface area contributed by atoms with Gasteiger partial charge in [0, 0.05) is 0 Å². The molecule has 0 aliphatic heterocycles. The van der Waals surface area contributed by atoms with Crippen LogP contribution in [0, 0.1) is 23.2 Å². The Morgan fingerprint density at radius 3 is 2.38 bits per heavy atom. The first kappa shape index (κ1) is 21.5. The van der Waals surface area contributed by atoms with Crippen molar-refractivity contribution in [1.82, 2.24) is 0 Å². The molecule has 0 unspecified atom stereocenters. The SMILES string of the molecule is C/C1=C\C[C@]2(C)CC[C@@H](C(C)C)[C@H]2C/C=C(\C)[C@@H](O)CC/C(C)=C/CC1. The molecule has 0 aromatic rings. The minimum atomic E-state index is -0.284. The molecule has 1 heteroatoms. The molecule has 0 aromatic heterocycles. The van der Waals surface area contributed by atoms with E-state index in [9.17, 15) is 5.11 Å². The van der Waals surface area contributed by atoms with Crippen molar-refractivity contribution in [2.24, 2.45) is 23.2 Å². The maximum absolute atomic E-state index is 10.6. The van der Waals surface area contributed by atoms with Gasteiger partial charge < -0.3 is 5.11 Å². The highest BCUT2D eigenvalue weighted by Gasteiger charge is 2.44. The van der Waals surface area contributed by atoms with E-state index >= 15 is 0 Å². The van der Waals surface area contributed by atoms with Gasteiger partial charge in [-0.05, 0) is 101 Å². The van der Waals surface area contributed by atoms with Gasteiger partial charge in [0.25, 0.3) is 0 Å². The lowest BCUT2D eigenvalue weighted by molar-refractivity contribution is 0.167. The smallest absolute Gasteiger partial charge is 0.0750 e. The Morgan fingerprint density at radius 1 is 1.00 bits per heavy atom. The summed E-state index contributed by atoms with van der Waals surface area (Å²) in [5.41, 5.74) is 4.55. The van der Waals surface area contributed by atoms with Crippen LogP contribution < -0.4 is 0 Å². The van der Waals surface area contributed by atoms with Gasteiger partial charge in [-0.15, -0.1) is 0 Å². The zero-order chi connectivity index (χ0) is 19.3. The minimum absolute atomic E-state index is 0.284. The Kier molecular flexibility index (Phi) is 7.76. The van der Waals surface area contributed by atoms with Gasteiger partial charge in [0.05, 0.1) is 6.10 Å². The van der Waals surface area contributed by atoms with E-state index in [0.717, 1.165) is 43.4 Å². The molecule has 2 aliphatic rings. The second kappa shape index (κ2) is 9.40. The first-order chi connectivity index (χ1) is 12.2. The highest BCUT2D eigenvalue weighted by Crippen LogP contribution is 2.53. The summed E-state index contributed by atoms with van der Waals surface area (Å²) in [6.07, 6.45) is 16.2. The molecule has 2 aliphatic carbocycles. The van der Waals surface area contributed by atoms with E-state index in [1.807, 2.05) is 0 Å². The lowest BCUT2D eigenvalue weighted by Crippen LogP contribution is -2.27. The van der Waals surface area contributed by atoms with Gasteiger partial charge >= 0.3 is 0 Å². The number of aliphatic hydroxyl groups is 1. The summed E-state index contributed by atoms with van der Waals surface area (Å²) < 4.78 is 0. The van der Waals surface area contributed by atoms with Gasteiger partial charge in [0.1, 0.15) is 0 Å². The second-order valence-electron chi connectivity index (χ2n) is 9.79. The summed E-state index contributed by atoms with van der Waals surface area (Å²) in [6, 6.07) is 0. The highest BCUT2D eigenvalue weighted by atomic mass is 16.3. The lowest BCUT2D eigenvalue weighted by Gasteiger charge is -2.35. The molecule has 0 heterocycles. The van der Waals surface area contributed by atoms with Crippen molar-refractivity contribution in [2.75, 3.05) is 0 Å². The number of fused-ring (bicyclic) bond motifs is 1. The van der Waals surface area contributed by atoms with Crippen LogP contribution in [0.15, 0.2) is 34.9 Å². The van der Waals surface area contributed by atoms with E-state index in [4.69, 9.17) is 0 Å². The van der Waals surface area contributed by atoms with E-state index < -0.39 is 0 Å². The Hall–Kier alpha value is -0.820. The predicted molar refractivity (Wildman–Crippen MR) is 114 cm³/mol. The first-order valence-electron chi connectivity index (χ1n) is 10.9. The van der Waals surface area contributed by atoms with Gasteiger partial charge in [-0.2, -0.15) is 0 Å². The summed E-state index contributed by atoms with van der Waals surface area (Å²) in [7, 11) is 0.